The Morgan fingerprint density at radius 1 is 1.19 bits per heavy atom. The van der Waals surface area contributed by atoms with Crippen LogP contribution in [0.3, 0.4) is 0 Å². The predicted molar refractivity (Wildman–Crippen MR) is 123 cm³/mol. The highest BCUT2D eigenvalue weighted by Gasteiger charge is 2.18. The van der Waals surface area contributed by atoms with Gasteiger partial charge in [0.2, 0.25) is 5.95 Å². The first-order valence-corrected chi connectivity index (χ1v) is 10.7. The van der Waals surface area contributed by atoms with Gasteiger partial charge in [-0.25, -0.2) is 14.4 Å². The SMILES string of the molecule is Cc1nn(-c2c(Cl)cccc2Cl)c(=O)c2cnc(Nc3cc4c(cc3F)CNCC4)nc12. The molecule has 0 aliphatic carbocycles. The minimum atomic E-state index is -0.459. The number of fused-ring (bicyclic) bond motifs is 2. The van der Waals surface area contributed by atoms with Gasteiger partial charge in [-0.05, 0) is 55.3 Å². The Hall–Kier alpha value is -3.07. The molecule has 0 fully saturated rings. The van der Waals surface area contributed by atoms with Crippen LogP contribution in [0.2, 0.25) is 10.0 Å². The number of nitrogens with one attached hydrogen (secondary N) is 2. The summed E-state index contributed by atoms with van der Waals surface area (Å²) in [5, 5.41) is 11.3. The van der Waals surface area contributed by atoms with Crippen molar-refractivity contribution < 1.29 is 4.39 Å². The van der Waals surface area contributed by atoms with Crippen molar-refractivity contribution in [3.8, 4) is 5.69 Å². The molecule has 0 amide bonds. The molecule has 2 aromatic carbocycles. The Morgan fingerprint density at radius 3 is 2.75 bits per heavy atom. The van der Waals surface area contributed by atoms with Gasteiger partial charge in [0.15, 0.2) is 0 Å². The lowest BCUT2D eigenvalue weighted by Gasteiger charge is -2.19. The van der Waals surface area contributed by atoms with Crippen molar-refractivity contribution >= 4 is 45.7 Å². The Labute approximate surface area is 192 Å². The molecule has 32 heavy (non-hydrogen) atoms. The normalized spacial score (nSPS) is 13.2. The zero-order chi connectivity index (χ0) is 22.4. The van der Waals surface area contributed by atoms with E-state index in [-0.39, 0.29) is 17.0 Å². The minimum absolute atomic E-state index is 0.170. The highest BCUT2D eigenvalue weighted by atomic mass is 35.5. The van der Waals surface area contributed by atoms with E-state index >= 15 is 0 Å². The van der Waals surface area contributed by atoms with Crippen molar-refractivity contribution in [2.24, 2.45) is 0 Å². The molecule has 0 radical (unpaired) electrons. The number of halogens is 3. The Bertz CT molecular complexity index is 1420. The predicted octanol–water partition coefficient (Wildman–Crippen LogP) is 4.32. The van der Waals surface area contributed by atoms with Gasteiger partial charge in [0, 0.05) is 12.7 Å². The zero-order valence-corrected chi connectivity index (χ0v) is 18.4. The topological polar surface area (TPSA) is 84.7 Å². The monoisotopic (exact) mass is 470 g/mol. The van der Waals surface area contributed by atoms with E-state index in [1.165, 1.54) is 12.3 Å². The second-order valence-corrected chi connectivity index (χ2v) is 8.30. The van der Waals surface area contributed by atoms with E-state index in [4.69, 9.17) is 23.2 Å². The molecule has 0 saturated carbocycles. The maximum atomic E-state index is 14.6. The van der Waals surface area contributed by atoms with Gasteiger partial charge in [0.25, 0.3) is 5.56 Å². The van der Waals surface area contributed by atoms with Crippen LogP contribution in [0.4, 0.5) is 16.0 Å². The first-order valence-electron chi connectivity index (χ1n) is 9.92. The molecule has 1 aliphatic heterocycles. The van der Waals surface area contributed by atoms with Crippen LogP contribution in [0.5, 0.6) is 0 Å². The smallest absolute Gasteiger partial charge is 0.282 e. The van der Waals surface area contributed by atoms with Crippen LogP contribution in [0.1, 0.15) is 16.8 Å². The largest absolute Gasteiger partial charge is 0.322 e. The van der Waals surface area contributed by atoms with Gasteiger partial charge in [-0.1, -0.05) is 29.3 Å². The number of nitrogens with zero attached hydrogens (tertiary/aromatic N) is 4. The highest BCUT2D eigenvalue weighted by Crippen LogP contribution is 2.28. The van der Waals surface area contributed by atoms with Crippen LogP contribution >= 0.6 is 23.2 Å². The quantitative estimate of drug-likeness (QED) is 0.463. The molecule has 0 unspecified atom stereocenters. The molecule has 0 bridgehead atoms. The van der Waals surface area contributed by atoms with Crippen LogP contribution in [-0.4, -0.2) is 26.3 Å². The minimum Gasteiger partial charge on any atom is -0.322 e. The van der Waals surface area contributed by atoms with Crippen LogP contribution in [0.25, 0.3) is 16.6 Å². The number of rotatable bonds is 3. The fraction of sp³-hybridized carbons (Fsp3) is 0.182. The van der Waals surface area contributed by atoms with Crippen LogP contribution in [0.15, 0.2) is 41.3 Å². The summed E-state index contributed by atoms with van der Waals surface area (Å²) >= 11 is 12.5. The number of hydrogen-bond donors (Lipinski definition) is 2. The number of benzene rings is 2. The number of para-hydroxylation sites is 1. The third-order valence-electron chi connectivity index (χ3n) is 5.38. The van der Waals surface area contributed by atoms with Gasteiger partial charge >= 0.3 is 0 Å². The van der Waals surface area contributed by atoms with Crippen molar-refractivity contribution in [2.75, 3.05) is 11.9 Å². The number of anilines is 2. The molecule has 1 aliphatic rings. The van der Waals surface area contributed by atoms with Crippen LogP contribution in [0, 0.1) is 12.7 Å². The molecule has 0 spiro atoms. The molecule has 2 aromatic heterocycles. The van der Waals surface area contributed by atoms with E-state index in [1.807, 2.05) is 0 Å². The molecular formula is C22H17Cl2FN6O. The van der Waals surface area contributed by atoms with E-state index in [1.54, 1.807) is 31.2 Å². The summed E-state index contributed by atoms with van der Waals surface area (Å²) in [6.07, 6.45) is 2.21. The van der Waals surface area contributed by atoms with Gasteiger partial charge in [-0.15, -0.1) is 0 Å². The lowest BCUT2D eigenvalue weighted by molar-refractivity contribution is 0.607. The van der Waals surface area contributed by atoms with E-state index in [0.29, 0.717) is 33.5 Å². The molecule has 7 nitrogen and oxygen atoms in total. The second kappa shape index (κ2) is 8.12. The van der Waals surface area contributed by atoms with E-state index in [9.17, 15) is 9.18 Å². The molecule has 0 atom stereocenters. The van der Waals surface area contributed by atoms with Crippen LogP contribution in [-0.2, 0) is 13.0 Å². The van der Waals surface area contributed by atoms with Crippen molar-refractivity contribution in [1.29, 1.82) is 0 Å². The number of aryl methyl sites for hydroxylation is 1. The Balaban J connectivity index is 1.57. The van der Waals surface area contributed by atoms with Gasteiger partial charge in [0.1, 0.15) is 17.0 Å². The van der Waals surface area contributed by atoms with Crippen molar-refractivity contribution in [1.82, 2.24) is 25.1 Å². The Morgan fingerprint density at radius 2 is 1.97 bits per heavy atom. The maximum absolute atomic E-state index is 14.6. The maximum Gasteiger partial charge on any atom is 0.282 e. The average molecular weight is 471 g/mol. The number of aromatic nitrogens is 4. The summed E-state index contributed by atoms with van der Waals surface area (Å²) in [6, 6.07) is 8.24. The fourth-order valence-electron chi connectivity index (χ4n) is 3.79. The fourth-order valence-corrected chi connectivity index (χ4v) is 4.35. The summed E-state index contributed by atoms with van der Waals surface area (Å²) < 4.78 is 15.7. The Kier molecular flexibility index (Phi) is 5.28. The molecule has 5 rings (SSSR count). The molecular weight excluding hydrogens is 454 g/mol. The van der Waals surface area contributed by atoms with Crippen LogP contribution < -0.4 is 16.2 Å². The molecule has 4 aromatic rings. The standard InChI is InChI=1S/C22H17Cl2FN6O/c1-11-19-14(21(32)31(30-11)20-15(23)3-2-4-16(20)24)10-27-22(29-19)28-18-8-12-5-6-26-9-13(12)7-17(18)25/h2-4,7-8,10,26H,5-6,9H2,1H3,(H,27,28,29). The third-order valence-corrected chi connectivity index (χ3v) is 5.99. The van der Waals surface area contributed by atoms with E-state index in [0.717, 1.165) is 28.8 Å². The third kappa shape index (κ3) is 3.60. The first kappa shape index (κ1) is 20.8. The molecule has 2 N–H and O–H groups in total. The van der Waals surface area contributed by atoms with Gasteiger partial charge in [-0.3, -0.25) is 4.79 Å². The summed E-state index contributed by atoms with van der Waals surface area (Å²) in [6.45, 7) is 3.20. The summed E-state index contributed by atoms with van der Waals surface area (Å²) in [5.41, 5.74) is 2.96. The van der Waals surface area contributed by atoms with Gasteiger partial charge in [0.05, 0.1) is 26.8 Å². The van der Waals surface area contributed by atoms with Crippen molar-refractivity contribution in [3.05, 3.63) is 79.6 Å². The van der Waals surface area contributed by atoms with Crippen molar-refractivity contribution in [3.63, 3.8) is 0 Å². The number of hydrogen-bond acceptors (Lipinski definition) is 6. The van der Waals surface area contributed by atoms with E-state index < -0.39 is 11.4 Å². The molecule has 3 heterocycles. The first-order chi connectivity index (χ1) is 15.4. The zero-order valence-electron chi connectivity index (χ0n) is 16.9. The van der Waals surface area contributed by atoms with Crippen molar-refractivity contribution in [2.45, 2.75) is 19.9 Å². The highest BCUT2D eigenvalue weighted by molar-refractivity contribution is 6.37. The lowest BCUT2D eigenvalue weighted by atomic mass is 10.00. The van der Waals surface area contributed by atoms with Gasteiger partial charge in [-0.2, -0.15) is 9.78 Å². The summed E-state index contributed by atoms with van der Waals surface area (Å²) in [5.74, 6) is -0.224. The summed E-state index contributed by atoms with van der Waals surface area (Å²) in [4.78, 5) is 21.7. The van der Waals surface area contributed by atoms with E-state index in [2.05, 4.69) is 25.7 Å². The molecule has 10 heteroatoms. The molecule has 162 valence electrons. The van der Waals surface area contributed by atoms with Gasteiger partial charge < -0.3 is 10.6 Å². The molecule has 0 saturated heterocycles. The lowest BCUT2D eigenvalue weighted by Crippen LogP contribution is -2.24. The average Bonchev–Trinajstić information content (AvgIpc) is 2.77. The summed E-state index contributed by atoms with van der Waals surface area (Å²) in [7, 11) is 0. The second-order valence-electron chi connectivity index (χ2n) is 7.48.